The van der Waals surface area contributed by atoms with Crippen LogP contribution in [0.5, 0.6) is 0 Å². The molecule has 0 atom stereocenters. The van der Waals surface area contributed by atoms with Crippen LogP contribution < -0.4 is 5.32 Å². The van der Waals surface area contributed by atoms with Crippen LogP contribution in [0.2, 0.25) is 0 Å². The third-order valence-electron chi connectivity index (χ3n) is 1.32. The number of hydrogen-bond acceptors (Lipinski definition) is 3. The highest BCUT2D eigenvalue weighted by Gasteiger charge is 2.16. The minimum absolute atomic E-state index is 0.155. The lowest BCUT2D eigenvalue weighted by Gasteiger charge is -2.20. The normalized spacial score (nSPS) is 10.9. The van der Waals surface area contributed by atoms with E-state index in [1.807, 2.05) is 20.8 Å². The van der Waals surface area contributed by atoms with Crippen molar-refractivity contribution in [2.75, 3.05) is 0 Å². The van der Waals surface area contributed by atoms with Crippen molar-refractivity contribution < 1.29 is 14.4 Å². The van der Waals surface area contributed by atoms with E-state index in [-0.39, 0.29) is 35.9 Å². The molecule has 0 spiro atoms. The molecule has 0 unspecified atom stereocenters. The van der Waals surface area contributed by atoms with E-state index in [1.54, 1.807) is 0 Å². The lowest BCUT2D eigenvalue weighted by Crippen LogP contribution is -2.41. The first-order valence-electron chi connectivity index (χ1n) is 4.53. The Morgan fingerprint density at radius 1 is 1.07 bits per heavy atom. The monoisotopic (exact) mass is 199 g/mol. The molecule has 0 aromatic carbocycles. The van der Waals surface area contributed by atoms with E-state index >= 15 is 0 Å². The smallest absolute Gasteiger partial charge is 0.227 e. The summed E-state index contributed by atoms with van der Waals surface area (Å²) in [6.45, 7) is 6.83. The SMILES string of the molecule is CC(=O)CC(=O)CC(=O)NC(C)(C)C. The second kappa shape index (κ2) is 4.88. The summed E-state index contributed by atoms with van der Waals surface area (Å²) in [6, 6.07) is 0. The van der Waals surface area contributed by atoms with Crippen molar-refractivity contribution in [1.82, 2.24) is 5.32 Å². The van der Waals surface area contributed by atoms with E-state index in [0.29, 0.717) is 0 Å². The molecule has 0 bridgehead atoms. The molecule has 0 aliphatic rings. The molecular formula is C10H17NO3. The summed E-state index contributed by atoms with van der Waals surface area (Å²) < 4.78 is 0. The van der Waals surface area contributed by atoms with Crippen LogP contribution in [0.3, 0.4) is 0 Å². The predicted molar refractivity (Wildman–Crippen MR) is 52.8 cm³/mol. The Morgan fingerprint density at radius 3 is 1.93 bits per heavy atom. The van der Waals surface area contributed by atoms with E-state index in [2.05, 4.69) is 5.32 Å². The van der Waals surface area contributed by atoms with Crippen molar-refractivity contribution in [2.24, 2.45) is 0 Å². The van der Waals surface area contributed by atoms with Gasteiger partial charge in [-0.15, -0.1) is 0 Å². The first-order chi connectivity index (χ1) is 6.20. The fourth-order valence-corrected chi connectivity index (χ4v) is 0.982. The van der Waals surface area contributed by atoms with E-state index in [4.69, 9.17) is 0 Å². The number of rotatable bonds is 4. The third kappa shape index (κ3) is 7.46. The van der Waals surface area contributed by atoms with Crippen LogP contribution in [-0.4, -0.2) is 23.0 Å². The summed E-state index contributed by atoms with van der Waals surface area (Å²) in [5.41, 5.74) is -0.340. The maximum atomic E-state index is 11.2. The maximum Gasteiger partial charge on any atom is 0.227 e. The van der Waals surface area contributed by atoms with Crippen LogP contribution >= 0.6 is 0 Å². The van der Waals surface area contributed by atoms with Crippen LogP contribution in [0.1, 0.15) is 40.5 Å². The average molecular weight is 199 g/mol. The van der Waals surface area contributed by atoms with E-state index in [0.717, 1.165) is 0 Å². The van der Waals surface area contributed by atoms with E-state index in [1.165, 1.54) is 6.92 Å². The molecule has 0 aromatic heterocycles. The van der Waals surface area contributed by atoms with Crippen molar-refractivity contribution >= 4 is 17.5 Å². The fourth-order valence-electron chi connectivity index (χ4n) is 0.982. The van der Waals surface area contributed by atoms with Gasteiger partial charge in [0, 0.05) is 5.54 Å². The first kappa shape index (κ1) is 12.8. The van der Waals surface area contributed by atoms with Crippen LogP contribution in [0.25, 0.3) is 0 Å². The molecule has 0 heterocycles. The van der Waals surface area contributed by atoms with Crippen LogP contribution in [0.15, 0.2) is 0 Å². The molecule has 80 valence electrons. The molecule has 0 saturated carbocycles. The number of hydrogen-bond donors (Lipinski definition) is 1. The molecule has 1 N–H and O–H groups in total. The summed E-state index contributed by atoms with van der Waals surface area (Å²) in [5.74, 6) is -0.874. The van der Waals surface area contributed by atoms with Gasteiger partial charge in [-0.1, -0.05) is 0 Å². The Hall–Kier alpha value is -1.19. The van der Waals surface area contributed by atoms with Gasteiger partial charge in [0.1, 0.15) is 11.6 Å². The van der Waals surface area contributed by atoms with Crippen molar-refractivity contribution in [3.63, 3.8) is 0 Å². The zero-order chi connectivity index (χ0) is 11.4. The number of Topliss-reactive ketones (excluding diaryl/α,β-unsaturated/α-hetero) is 2. The minimum atomic E-state index is -0.340. The first-order valence-corrected chi connectivity index (χ1v) is 4.53. The van der Waals surface area contributed by atoms with Gasteiger partial charge in [-0.3, -0.25) is 14.4 Å². The molecule has 0 rings (SSSR count). The van der Waals surface area contributed by atoms with Gasteiger partial charge in [0.2, 0.25) is 5.91 Å². The van der Waals surface area contributed by atoms with Crippen molar-refractivity contribution in [3.8, 4) is 0 Å². The van der Waals surface area contributed by atoms with E-state index in [9.17, 15) is 14.4 Å². The average Bonchev–Trinajstić information content (AvgIpc) is 1.77. The molecule has 1 amide bonds. The molecule has 4 nitrogen and oxygen atoms in total. The van der Waals surface area contributed by atoms with Crippen molar-refractivity contribution in [1.29, 1.82) is 0 Å². The third-order valence-corrected chi connectivity index (χ3v) is 1.32. The molecule has 0 radical (unpaired) electrons. The van der Waals surface area contributed by atoms with Crippen LogP contribution in [0, 0.1) is 0 Å². The topological polar surface area (TPSA) is 63.2 Å². The summed E-state index contributed by atoms with van der Waals surface area (Å²) in [4.78, 5) is 32.8. The van der Waals surface area contributed by atoms with Crippen molar-refractivity contribution in [2.45, 2.75) is 46.1 Å². The number of ketones is 2. The summed E-state index contributed by atoms with van der Waals surface area (Å²) in [6.07, 6.45) is -0.367. The summed E-state index contributed by atoms with van der Waals surface area (Å²) in [5, 5.41) is 2.65. The summed E-state index contributed by atoms with van der Waals surface area (Å²) in [7, 11) is 0. The van der Waals surface area contributed by atoms with Gasteiger partial charge >= 0.3 is 0 Å². The number of carbonyl (C=O) groups excluding carboxylic acids is 3. The molecule has 4 heteroatoms. The molecule has 0 aliphatic heterocycles. The van der Waals surface area contributed by atoms with Crippen LogP contribution in [0.4, 0.5) is 0 Å². The molecule has 0 fully saturated rings. The van der Waals surface area contributed by atoms with Gasteiger partial charge < -0.3 is 5.32 Å². The number of amides is 1. The van der Waals surface area contributed by atoms with Gasteiger partial charge in [0.25, 0.3) is 0 Å². The summed E-state index contributed by atoms with van der Waals surface area (Å²) >= 11 is 0. The second-order valence-corrected chi connectivity index (χ2v) is 4.39. The minimum Gasteiger partial charge on any atom is -0.351 e. The van der Waals surface area contributed by atoms with Gasteiger partial charge in [-0.05, 0) is 27.7 Å². The van der Waals surface area contributed by atoms with Crippen molar-refractivity contribution in [3.05, 3.63) is 0 Å². The Labute approximate surface area is 84.1 Å². The van der Waals surface area contributed by atoms with Gasteiger partial charge in [0.15, 0.2) is 0 Å². The lowest BCUT2D eigenvalue weighted by atomic mass is 10.1. The number of carbonyl (C=O) groups is 3. The Kier molecular flexibility index (Phi) is 4.47. The van der Waals surface area contributed by atoms with Gasteiger partial charge in [-0.2, -0.15) is 0 Å². The molecule has 0 aromatic rings. The van der Waals surface area contributed by atoms with Crippen LogP contribution in [-0.2, 0) is 14.4 Å². The van der Waals surface area contributed by atoms with Gasteiger partial charge in [-0.25, -0.2) is 0 Å². The predicted octanol–water partition coefficient (Wildman–Crippen LogP) is 0.839. The van der Waals surface area contributed by atoms with E-state index < -0.39 is 0 Å². The lowest BCUT2D eigenvalue weighted by molar-refractivity contribution is -0.130. The highest BCUT2D eigenvalue weighted by molar-refractivity contribution is 6.06. The largest absolute Gasteiger partial charge is 0.351 e. The highest BCUT2D eigenvalue weighted by Crippen LogP contribution is 2.00. The molecular weight excluding hydrogens is 182 g/mol. The molecule has 0 aliphatic carbocycles. The standard InChI is InChI=1S/C10H17NO3/c1-7(12)5-8(13)6-9(14)11-10(2,3)4/h5-6H2,1-4H3,(H,11,14). The molecule has 0 saturated heterocycles. The Balaban J connectivity index is 3.96. The Bertz CT molecular complexity index is 251. The zero-order valence-corrected chi connectivity index (χ0v) is 9.14. The Morgan fingerprint density at radius 2 is 1.57 bits per heavy atom. The maximum absolute atomic E-state index is 11.2. The molecule has 14 heavy (non-hydrogen) atoms. The highest BCUT2D eigenvalue weighted by atomic mass is 16.2. The fraction of sp³-hybridized carbons (Fsp3) is 0.700. The number of nitrogens with one attached hydrogen (secondary N) is 1. The zero-order valence-electron chi connectivity index (χ0n) is 9.14. The second-order valence-electron chi connectivity index (χ2n) is 4.39. The van der Waals surface area contributed by atoms with Gasteiger partial charge in [0.05, 0.1) is 12.8 Å². The quantitative estimate of drug-likeness (QED) is 0.682.